The Hall–Kier alpha value is -0.570. The molecule has 0 heterocycles. The van der Waals surface area contributed by atoms with Gasteiger partial charge in [0, 0.05) is 19.5 Å². The van der Waals surface area contributed by atoms with Crippen molar-refractivity contribution in [2.75, 3.05) is 20.6 Å². The van der Waals surface area contributed by atoms with E-state index in [1.54, 1.807) is 0 Å². The highest BCUT2D eigenvalue weighted by Crippen LogP contribution is 1.83. The first kappa shape index (κ1) is 9.43. The molecule has 1 unspecified atom stereocenters. The number of nitrogens with one attached hydrogen (secondary N) is 1. The zero-order chi connectivity index (χ0) is 8.15. The number of hydrogen-bond donors (Lipinski definition) is 1. The summed E-state index contributed by atoms with van der Waals surface area (Å²) in [7, 11) is 3.97. The summed E-state index contributed by atoms with van der Waals surface area (Å²) in [6, 6.07) is 0.243. The Balaban J connectivity index is 3.43. The number of rotatable bonds is 3. The van der Waals surface area contributed by atoms with Crippen molar-refractivity contribution in [3.8, 4) is 0 Å². The van der Waals surface area contributed by atoms with E-state index in [2.05, 4.69) is 5.32 Å². The second-order valence-corrected chi connectivity index (χ2v) is 2.86. The molecule has 1 amide bonds. The van der Waals surface area contributed by atoms with Gasteiger partial charge in [-0.15, -0.1) is 0 Å². The molecule has 0 spiro atoms. The van der Waals surface area contributed by atoms with Gasteiger partial charge in [-0.05, 0) is 21.0 Å². The molecule has 0 rings (SSSR count). The molecular weight excluding hydrogens is 128 g/mol. The molecule has 60 valence electrons. The fourth-order valence-electron chi connectivity index (χ4n) is 0.940. The lowest BCUT2D eigenvalue weighted by Gasteiger charge is -2.16. The predicted molar refractivity (Wildman–Crippen MR) is 41.8 cm³/mol. The van der Waals surface area contributed by atoms with Crippen molar-refractivity contribution in [3.05, 3.63) is 0 Å². The van der Waals surface area contributed by atoms with Crippen molar-refractivity contribution in [2.45, 2.75) is 19.9 Å². The number of likely N-dealkylation sites (N-methyl/N-ethyl adjacent to an activating group) is 1. The Morgan fingerprint density at radius 3 is 2.40 bits per heavy atom. The van der Waals surface area contributed by atoms with Crippen LogP contribution in [-0.4, -0.2) is 37.5 Å². The highest BCUT2D eigenvalue weighted by atomic mass is 16.1. The molecule has 0 aliphatic carbocycles. The number of carbonyl (C=O) groups is 1. The fourth-order valence-corrected chi connectivity index (χ4v) is 0.940. The van der Waals surface area contributed by atoms with Crippen LogP contribution in [0.5, 0.6) is 0 Å². The molecule has 0 saturated carbocycles. The standard InChI is InChI=1S/C7H16N2O/c1-6(5-9(3)4)8-7(2)10/h6H,5H2,1-4H3,(H,8,10). The van der Waals surface area contributed by atoms with Gasteiger partial charge in [-0.3, -0.25) is 4.79 Å². The first-order valence-corrected chi connectivity index (χ1v) is 3.44. The van der Waals surface area contributed by atoms with Crippen LogP contribution >= 0.6 is 0 Å². The highest BCUT2D eigenvalue weighted by Gasteiger charge is 2.02. The second kappa shape index (κ2) is 4.28. The van der Waals surface area contributed by atoms with Crippen LogP contribution in [0.2, 0.25) is 0 Å². The number of hydrogen-bond acceptors (Lipinski definition) is 2. The van der Waals surface area contributed by atoms with Crippen LogP contribution in [0.3, 0.4) is 0 Å². The molecule has 1 atom stereocenters. The van der Waals surface area contributed by atoms with Crippen molar-refractivity contribution in [2.24, 2.45) is 0 Å². The van der Waals surface area contributed by atoms with E-state index < -0.39 is 0 Å². The number of amides is 1. The average molecular weight is 144 g/mol. The maximum absolute atomic E-state index is 10.5. The summed E-state index contributed by atoms with van der Waals surface area (Å²) in [5.74, 6) is 0.0364. The van der Waals surface area contributed by atoms with E-state index in [1.165, 1.54) is 6.92 Å². The third-order valence-electron chi connectivity index (χ3n) is 1.09. The summed E-state index contributed by atoms with van der Waals surface area (Å²) >= 11 is 0. The lowest BCUT2D eigenvalue weighted by molar-refractivity contribution is -0.119. The normalized spacial score (nSPS) is 13.3. The monoisotopic (exact) mass is 144 g/mol. The Kier molecular flexibility index (Phi) is 4.03. The van der Waals surface area contributed by atoms with E-state index >= 15 is 0 Å². The maximum Gasteiger partial charge on any atom is 0.217 e. The van der Waals surface area contributed by atoms with Crippen LogP contribution in [-0.2, 0) is 4.79 Å². The van der Waals surface area contributed by atoms with Crippen LogP contribution in [0.1, 0.15) is 13.8 Å². The zero-order valence-electron chi connectivity index (χ0n) is 7.14. The lowest BCUT2D eigenvalue weighted by atomic mass is 10.3. The van der Waals surface area contributed by atoms with Gasteiger partial charge in [-0.25, -0.2) is 0 Å². The maximum atomic E-state index is 10.5. The molecule has 0 bridgehead atoms. The lowest BCUT2D eigenvalue weighted by Crippen LogP contribution is -2.38. The Morgan fingerprint density at radius 1 is 1.60 bits per heavy atom. The average Bonchev–Trinajstić information content (AvgIpc) is 1.58. The molecule has 10 heavy (non-hydrogen) atoms. The molecule has 3 nitrogen and oxygen atoms in total. The van der Waals surface area contributed by atoms with E-state index in [0.29, 0.717) is 0 Å². The van der Waals surface area contributed by atoms with Gasteiger partial charge in [0.1, 0.15) is 0 Å². The van der Waals surface area contributed by atoms with Crippen molar-refractivity contribution in [3.63, 3.8) is 0 Å². The van der Waals surface area contributed by atoms with Gasteiger partial charge in [0.25, 0.3) is 0 Å². The topological polar surface area (TPSA) is 32.3 Å². The van der Waals surface area contributed by atoms with E-state index in [-0.39, 0.29) is 11.9 Å². The van der Waals surface area contributed by atoms with Gasteiger partial charge in [0.15, 0.2) is 0 Å². The van der Waals surface area contributed by atoms with Gasteiger partial charge in [0.2, 0.25) is 5.91 Å². The van der Waals surface area contributed by atoms with Crippen molar-refractivity contribution >= 4 is 5.91 Å². The minimum absolute atomic E-state index is 0.0364. The van der Waals surface area contributed by atoms with E-state index in [0.717, 1.165) is 6.54 Å². The van der Waals surface area contributed by atoms with Crippen molar-refractivity contribution in [1.29, 1.82) is 0 Å². The largest absolute Gasteiger partial charge is 0.353 e. The first-order valence-electron chi connectivity index (χ1n) is 3.44. The highest BCUT2D eigenvalue weighted by molar-refractivity contribution is 5.73. The molecule has 3 heteroatoms. The summed E-state index contributed by atoms with van der Waals surface area (Å²) in [6.07, 6.45) is 0. The van der Waals surface area contributed by atoms with Crippen molar-refractivity contribution < 1.29 is 4.79 Å². The molecule has 0 fully saturated rings. The number of nitrogens with zero attached hydrogens (tertiary/aromatic N) is 1. The summed E-state index contributed by atoms with van der Waals surface area (Å²) < 4.78 is 0. The van der Waals surface area contributed by atoms with Crippen LogP contribution in [0, 0.1) is 0 Å². The molecule has 0 aromatic heterocycles. The predicted octanol–water partition coefficient (Wildman–Crippen LogP) is 0.0726. The summed E-state index contributed by atoms with van der Waals surface area (Å²) in [5, 5.41) is 2.79. The SMILES string of the molecule is CC(=O)NC(C)CN(C)C. The Labute approximate surface area is 62.4 Å². The van der Waals surface area contributed by atoms with Crippen LogP contribution in [0.25, 0.3) is 0 Å². The first-order chi connectivity index (χ1) is 4.52. The van der Waals surface area contributed by atoms with Crippen molar-refractivity contribution in [1.82, 2.24) is 10.2 Å². The molecular formula is C7H16N2O. The van der Waals surface area contributed by atoms with Crippen LogP contribution in [0.4, 0.5) is 0 Å². The molecule has 0 saturated heterocycles. The molecule has 0 aromatic rings. The third kappa shape index (κ3) is 5.56. The summed E-state index contributed by atoms with van der Waals surface area (Å²) in [4.78, 5) is 12.5. The van der Waals surface area contributed by atoms with Crippen LogP contribution in [0.15, 0.2) is 0 Å². The second-order valence-electron chi connectivity index (χ2n) is 2.86. The fraction of sp³-hybridized carbons (Fsp3) is 0.857. The number of carbonyl (C=O) groups excluding carboxylic acids is 1. The Morgan fingerprint density at radius 2 is 2.10 bits per heavy atom. The summed E-state index contributed by atoms with van der Waals surface area (Å²) in [5.41, 5.74) is 0. The summed E-state index contributed by atoms with van der Waals surface area (Å²) in [6.45, 7) is 4.41. The van der Waals surface area contributed by atoms with E-state index in [1.807, 2.05) is 25.9 Å². The van der Waals surface area contributed by atoms with Crippen LogP contribution < -0.4 is 5.32 Å². The third-order valence-corrected chi connectivity index (χ3v) is 1.09. The molecule has 0 aliphatic rings. The molecule has 0 aliphatic heterocycles. The van der Waals surface area contributed by atoms with Gasteiger partial charge < -0.3 is 10.2 Å². The molecule has 1 N–H and O–H groups in total. The smallest absolute Gasteiger partial charge is 0.217 e. The van der Waals surface area contributed by atoms with Gasteiger partial charge in [-0.2, -0.15) is 0 Å². The Bertz CT molecular complexity index is 112. The van der Waals surface area contributed by atoms with Gasteiger partial charge in [0.05, 0.1) is 0 Å². The minimum Gasteiger partial charge on any atom is -0.353 e. The minimum atomic E-state index is 0.0364. The molecule has 0 aromatic carbocycles. The quantitative estimate of drug-likeness (QED) is 0.608. The van der Waals surface area contributed by atoms with E-state index in [9.17, 15) is 4.79 Å². The zero-order valence-corrected chi connectivity index (χ0v) is 7.14. The van der Waals surface area contributed by atoms with Gasteiger partial charge in [-0.1, -0.05) is 0 Å². The molecule has 0 radical (unpaired) electrons. The van der Waals surface area contributed by atoms with E-state index in [4.69, 9.17) is 0 Å². The van der Waals surface area contributed by atoms with Gasteiger partial charge >= 0.3 is 0 Å².